The molecule has 10 heteroatoms. The van der Waals surface area contributed by atoms with Crippen molar-refractivity contribution < 1.29 is 22.7 Å². The number of carbonyl (C=O) groups is 2. The van der Waals surface area contributed by atoms with Gasteiger partial charge in [0.25, 0.3) is 0 Å². The molecular formula is C25H36N4O5S. The largest absolute Gasteiger partial charge is 0.497 e. The van der Waals surface area contributed by atoms with Crippen LogP contribution in [0.2, 0.25) is 0 Å². The highest BCUT2D eigenvalue weighted by atomic mass is 32.2. The van der Waals surface area contributed by atoms with Gasteiger partial charge in [-0.15, -0.1) is 0 Å². The normalized spacial score (nSPS) is 13.1. The van der Waals surface area contributed by atoms with E-state index in [1.54, 1.807) is 62.6 Å². The van der Waals surface area contributed by atoms with Crippen molar-refractivity contribution in [2.24, 2.45) is 0 Å². The maximum absolute atomic E-state index is 13.6. The third-order valence-electron chi connectivity index (χ3n) is 5.72. The van der Waals surface area contributed by atoms with Gasteiger partial charge in [-0.25, -0.2) is 4.31 Å². The Kier molecular flexibility index (Phi) is 10.1. The SMILES string of the molecule is CC[C@H](C)NC(=O)[C@H](C)N(Cc1cccc(OC)c1)C(=O)CN(c1ccccc1)S(=O)(=O)N(C)C. The van der Waals surface area contributed by atoms with Gasteiger partial charge in [-0.3, -0.25) is 9.59 Å². The predicted molar refractivity (Wildman–Crippen MR) is 137 cm³/mol. The van der Waals surface area contributed by atoms with Crippen molar-refractivity contribution in [2.45, 2.75) is 45.8 Å². The standard InChI is InChI=1S/C25H36N4O5S/c1-7-19(2)26-25(31)20(3)28(17-21-12-11-15-23(16-21)34-6)24(30)18-29(35(32,33)27(4)5)22-13-9-8-10-14-22/h8-16,19-20H,7,17-18H2,1-6H3,(H,26,31)/t19-,20-/m0/s1. The number of hydrogen-bond acceptors (Lipinski definition) is 5. The van der Waals surface area contributed by atoms with Crippen LogP contribution in [0.25, 0.3) is 0 Å². The van der Waals surface area contributed by atoms with Gasteiger partial charge in [0.05, 0.1) is 12.8 Å². The Morgan fingerprint density at radius 3 is 2.26 bits per heavy atom. The average molecular weight is 505 g/mol. The van der Waals surface area contributed by atoms with Crippen LogP contribution >= 0.6 is 0 Å². The molecule has 0 radical (unpaired) electrons. The van der Waals surface area contributed by atoms with E-state index in [4.69, 9.17) is 4.74 Å². The second kappa shape index (κ2) is 12.6. The van der Waals surface area contributed by atoms with Gasteiger partial charge in [-0.2, -0.15) is 12.7 Å². The van der Waals surface area contributed by atoms with Gasteiger partial charge in [0, 0.05) is 26.7 Å². The fourth-order valence-electron chi connectivity index (χ4n) is 3.33. The first-order valence-electron chi connectivity index (χ1n) is 11.5. The van der Waals surface area contributed by atoms with Crippen molar-refractivity contribution in [3.63, 3.8) is 0 Å². The summed E-state index contributed by atoms with van der Waals surface area (Å²) >= 11 is 0. The Morgan fingerprint density at radius 1 is 1.03 bits per heavy atom. The molecule has 2 aromatic rings. The van der Waals surface area contributed by atoms with Crippen molar-refractivity contribution in [3.8, 4) is 5.75 Å². The molecule has 0 aliphatic carbocycles. The molecule has 2 rings (SSSR count). The molecule has 0 unspecified atom stereocenters. The van der Waals surface area contributed by atoms with Crippen molar-refractivity contribution in [2.75, 3.05) is 32.1 Å². The number of nitrogens with one attached hydrogen (secondary N) is 1. The minimum atomic E-state index is -3.97. The zero-order valence-corrected chi connectivity index (χ0v) is 22.1. The molecule has 2 amide bonds. The fraction of sp³-hybridized carbons (Fsp3) is 0.440. The molecule has 0 fully saturated rings. The number of nitrogens with zero attached hydrogens (tertiary/aromatic N) is 3. The van der Waals surface area contributed by atoms with E-state index in [9.17, 15) is 18.0 Å². The van der Waals surface area contributed by atoms with E-state index in [0.717, 1.165) is 20.6 Å². The predicted octanol–water partition coefficient (Wildman–Crippen LogP) is 2.64. The minimum Gasteiger partial charge on any atom is -0.497 e. The molecule has 1 N–H and O–H groups in total. The second-order valence-corrected chi connectivity index (χ2v) is 10.6. The molecule has 0 spiro atoms. The lowest BCUT2D eigenvalue weighted by Gasteiger charge is -2.33. The summed E-state index contributed by atoms with van der Waals surface area (Å²) in [4.78, 5) is 28.0. The van der Waals surface area contributed by atoms with Gasteiger partial charge in [0.1, 0.15) is 18.3 Å². The number of rotatable bonds is 12. The third-order valence-corrected chi connectivity index (χ3v) is 7.54. The number of benzene rings is 2. The zero-order chi connectivity index (χ0) is 26.2. The molecule has 192 valence electrons. The van der Waals surface area contributed by atoms with Gasteiger partial charge in [-0.1, -0.05) is 37.3 Å². The maximum Gasteiger partial charge on any atom is 0.304 e. The Bertz CT molecular complexity index is 1090. The lowest BCUT2D eigenvalue weighted by atomic mass is 10.1. The Hall–Kier alpha value is -3.11. The van der Waals surface area contributed by atoms with Crippen LogP contribution in [0.3, 0.4) is 0 Å². The molecule has 0 bridgehead atoms. The molecular weight excluding hydrogens is 468 g/mol. The number of amides is 2. The molecule has 2 aromatic carbocycles. The molecule has 0 aliphatic heterocycles. The van der Waals surface area contributed by atoms with E-state index in [1.807, 2.05) is 19.9 Å². The van der Waals surface area contributed by atoms with Crippen LogP contribution in [0.5, 0.6) is 5.75 Å². The Balaban J connectivity index is 2.44. The summed E-state index contributed by atoms with van der Waals surface area (Å²) in [5.41, 5.74) is 1.11. The number of methoxy groups -OCH3 is 1. The summed E-state index contributed by atoms with van der Waals surface area (Å²) in [5.74, 6) is -0.195. The van der Waals surface area contributed by atoms with Crippen molar-refractivity contribution in [3.05, 3.63) is 60.2 Å². The first-order valence-corrected chi connectivity index (χ1v) is 12.9. The second-order valence-electron chi connectivity index (χ2n) is 8.50. The van der Waals surface area contributed by atoms with Crippen LogP contribution in [0, 0.1) is 0 Å². The highest BCUT2D eigenvalue weighted by Crippen LogP contribution is 2.21. The quantitative estimate of drug-likeness (QED) is 0.479. The smallest absolute Gasteiger partial charge is 0.304 e. The fourth-order valence-corrected chi connectivity index (χ4v) is 4.38. The topological polar surface area (TPSA) is 99.3 Å². The molecule has 0 aliphatic rings. The number of anilines is 1. The molecule has 9 nitrogen and oxygen atoms in total. The maximum atomic E-state index is 13.6. The lowest BCUT2D eigenvalue weighted by Crippen LogP contribution is -2.53. The third kappa shape index (κ3) is 7.43. The summed E-state index contributed by atoms with van der Waals surface area (Å²) in [6, 6.07) is 14.7. The van der Waals surface area contributed by atoms with Crippen LogP contribution in [0.15, 0.2) is 54.6 Å². The van der Waals surface area contributed by atoms with E-state index in [0.29, 0.717) is 11.4 Å². The van der Waals surface area contributed by atoms with Crippen LogP contribution in [-0.4, -0.2) is 69.3 Å². The number of hydrogen-bond donors (Lipinski definition) is 1. The van der Waals surface area contributed by atoms with Crippen LogP contribution in [0.1, 0.15) is 32.8 Å². The summed E-state index contributed by atoms with van der Waals surface area (Å²) in [7, 11) is 0.393. The highest BCUT2D eigenvalue weighted by molar-refractivity contribution is 7.90. The molecule has 0 saturated heterocycles. The molecule has 0 heterocycles. The first-order chi connectivity index (χ1) is 16.5. The van der Waals surface area contributed by atoms with Crippen molar-refractivity contribution >= 4 is 27.7 Å². The number of para-hydroxylation sites is 1. The number of carbonyl (C=O) groups excluding carboxylic acids is 2. The van der Waals surface area contributed by atoms with E-state index < -0.39 is 28.7 Å². The van der Waals surface area contributed by atoms with E-state index in [2.05, 4.69) is 5.32 Å². The minimum absolute atomic E-state index is 0.0614. The average Bonchev–Trinajstić information content (AvgIpc) is 2.85. The molecule has 2 atom stereocenters. The van der Waals surface area contributed by atoms with Gasteiger partial charge < -0.3 is 15.0 Å². The van der Waals surface area contributed by atoms with Gasteiger partial charge in [0.2, 0.25) is 11.8 Å². The van der Waals surface area contributed by atoms with E-state index in [-0.39, 0.29) is 18.5 Å². The monoisotopic (exact) mass is 504 g/mol. The van der Waals surface area contributed by atoms with Crippen molar-refractivity contribution in [1.29, 1.82) is 0 Å². The summed E-state index contributed by atoms with van der Waals surface area (Å²) in [6.45, 7) is 5.13. The zero-order valence-electron chi connectivity index (χ0n) is 21.3. The van der Waals surface area contributed by atoms with E-state index in [1.165, 1.54) is 19.0 Å². The number of ether oxygens (including phenoxy) is 1. The van der Waals surface area contributed by atoms with E-state index >= 15 is 0 Å². The summed E-state index contributed by atoms with van der Waals surface area (Å²) in [6.07, 6.45) is 0.741. The van der Waals surface area contributed by atoms with Gasteiger partial charge in [0.15, 0.2) is 0 Å². The lowest BCUT2D eigenvalue weighted by molar-refractivity contribution is -0.139. The molecule has 35 heavy (non-hydrogen) atoms. The molecule has 0 aromatic heterocycles. The molecule has 0 saturated carbocycles. The van der Waals surface area contributed by atoms with Crippen LogP contribution in [0.4, 0.5) is 5.69 Å². The first kappa shape index (κ1) is 28.1. The van der Waals surface area contributed by atoms with Crippen LogP contribution in [-0.2, 0) is 26.3 Å². The van der Waals surface area contributed by atoms with Gasteiger partial charge >= 0.3 is 10.2 Å². The van der Waals surface area contributed by atoms with Crippen molar-refractivity contribution in [1.82, 2.24) is 14.5 Å². The summed E-state index contributed by atoms with van der Waals surface area (Å²) in [5, 5.41) is 2.91. The van der Waals surface area contributed by atoms with Crippen LogP contribution < -0.4 is 14.4 Å². The summed E-state index contributed by atoms with van der Waals surface area (Å²) < 4.78 is 33.6. The highest BCUT2D eigenvalue weighted by Gasteiger charge is 2.32. The van der Waals surface area contributed by atoms with Gasteiger partial charge in [-0.05, 0) is 50.1 Å². The Labute approximate surface area is 208 Å². The Morgan fingerprint density at radius 2 is 1.69 bits per heavy atom.